The fraction of sp³-hybridized carbons (Fsp3) is 0.125. The Labute approximate surface area is 144 Å². The van der Waals surface area contributed by atoms with E-state index < -0.39 is 12.1 Å². The summed E-state index contributed by atoms with van der Waals surface area (Å²) in [5.41, 5.74) is 0.519. The van der Waals surface area contributed by atoms with Crippen molar-refractivity contribution in [1.29, 1.82) is 0 Å². The molecule has 3 rings (SSSR count). The third kappa shape index (κ3) is 3.79. The van der Waals surface area contributed by atoms with Gasteiger partial charge in [0.05, 0.1) is 0 Å². The Bertz CT molecular complexity index is 923. The second-order valence-electron chi connectivity index (χ2n) is 5.00. The molecule has 0 unspecified atom stereocenters. The van der Waals surface area contributed by atoms with E-state index in [4.69, 9.17) is 4.74 Å². The molecule has 0 radical (unpaired) electrons. The lowest BCUT2D eigenvalue weighted by Gasteiger charge is -2.07. The first-order valence-electron chi connectivity index (χ1n) is 7.24. The molecular formula is C16H11F3N4O3. The first-order chi connectivity index (χ1) is 12.4. The molecule has 0 aliphatic carbocycles. The van der Waals surface area contributed by atoms with Crippen LogP contribution in [0.25, 0.3) is 11.4 Å². The summed E-state index contributed by atoms with van der Waals surface area (Å²) in [5.74, 6) is -1.17. The number of alkyl halides is 3. The largest absolute Gasteiger partial charge is 0.471 e. The second-order valence-corrected chi connectivity index (χ2v) is 5.00. The van der Waals surface area contributed by atoms with Gasteiger partial charge in [0, 0.05) is 24.9 Å². The van der Waals surface area contributed by atoms with Crippen LogP contribution < -0.4 is 10.1 Å². The lowest BCUT2D eigenvalue weighted by Crippen LogP contribution is -2.18. The summed E-state index contributed by atoms with van der Waals surface area (Å²) in [4.78, 5) is 18.8. The molecule has 1 amide bonds. The van der Waals surface area contributed by atoms with Crippen molar-refractivity contribution in [1.82, 2.24) is 20.4 Å². The van der Waals surface area contributed by atoms with E-state index in [9.17, 15) is 18.0 Å². The zero-order chi connectivity index (χ0) is 18.7. The number of ether oxygens (including phenoxy) is 1. The summed E-state index contributed by atoms with van der Waals surface area (Å²) in [5, 5.41) is 5.76. The Morgan fingerprint density at radius 1 is 1.15 bits per heavy atom. The fourth-order valence-corrected chi connectivity index (χ4v) is 1.99. The Morgan fingerprint density at radius 2 is 1.88 bits per heavy atom. The number of nitrogens with zero attached hydrogens (tertiary/aromatic N) is 3. The van der Waals surface area contributed by atoms with E-state index in [0.717, 1.165) is 0 Å². The maximum absolute atomic E-state index is 12.5. The van der Waals surface area contributed by atoms with Crippen LogP contribution in [-0.2, 0) is 6.18 Å². The molecule has 0 atom stereocenters. The topological polar surface area (TPSA) is 90.1 Å². The van der Waals surface area contributed by atoms with Gasteiger partial charge in [-0.15, -0.1) is 0 Å². The van der Waals surface area contributed by atoms with Crippen LogP contribution in [0.15, 0.2) is 47.1 Å². The van der Waals surface area contributed by atoms with Crippen LogP contribution in [0.2, 0.25) is 0 Å². The van der Waals surface area contributed by atoms with Gasteiger partial charge < -0.3 is 14.6 Å². The van der Waals surface area contributed by atoms with Gasteiger partial charge in [-0.1, -0.05) is 5.16 Å². The molecule has 0 saturated carbocycles. The molecule has 2 aromatic heterocycles. The number of aromatic nitrogens is 3. The molecule has 0 aliphatic heterocycles. The van der Waals surface area contributed by atoms with E-state index in [1.165, 1.54) is 43.6 Å². The van der Waals surface area contributed by atoms with Gasteiger partial charge in [-0.2, -0.15) is 18.2 Å². The maximum Gasteiger partial charge on any atom is 0.471 e. The van der Waals surface area contributed by atoms with Gasteiger partial charge in [0.15, 0.2) is 0 Å². The molecule has 1 N–H and O–H groups in total. The molecule has 0 spiro atoms. The van der Waals surface area contributed by atoms with Gasteiger partial charge in [0.2, 0.25) is 5.82 Å². The number of pyridine rings is 1. The van der Waals surface area contributed by atoms with E-state index >= 15 is 0 Å². The highest BCUT2D eigenvalue weighted by Gasteiger charge is 2.38. The number of nitrogens with one attached hydrogen (secondary N) is 1. The van der Waals surface area contributed by atoms with E-state index in [-0.39, 0.29) is 17.4 Å². The number of amides is 1. The van der Waals surface area contributed by atoms with E-state index in [2.05, 4.69) is 25.0 Å². The maximum atomic E-state index is 12.5. The molecular weight excluding hydrogens is 353 g/mol. The summed E-state index contributed by atoms with van der Waals surface area (Å²) in [6, 6.07) is 9.05. The molecule has 0 aliphatic rings. The highest BCUT2D eigenvalue weighted by Crippen LogP contribution is 2.30. The normalized spacial score (nSPS) is 11.2. The van der Waals surface area contributed by atoms with E-state index in [1.54, 1.807) is 6.07 Å². The zero-order valence-electron chi connectivity index (χ0n) is 13.2. The van der Waals surface area contributed by atoms with Crippen molar-refractivity contribution < 1.29 is 27.2 Å². The SMILES string of the molecule is CNC(=O)c1cc(Oc2ccc(-c3noc(C(F)(F)F)n3)cc2)ccn1. The molecule has 7 nitrogen and oxygen atoms in total. The van der Waals surface area contributed by atoms with Crippen LogP contribution >= 0.6 is 0 Å². The van der Waals surface area contributed by atoms with Gasteiger partial charge >= 0.3 is 12.1 Å². The molecule has 2 heterocycles. The highest BCUT2D eigenvalue weighted by molar-refractivity contribution is 5.92. The van der Waals surface area contributed by atoms with Gasteiger partial charge in [-0.3, -0.25) is 9.78 Å². The molecule has 134 valence electrons. The van der Waals surface area contributed by atoms with E-state index in [0.29, 0.717) is 17.1 Å². The van der Waals surface area contributed by atoms with Gasteiger partial charge in [-0.05, 0) is 30.3 Å². The van der Waals surface area contributed by atoms with Gasteiger partial charge in [-0.25, -0.2) is 0 Å². The average molecular weight is 364 g/mol. The summed E-state index contributed by atoms with van der Waals surface area (Å²) < 4.78 is 47.3. The third-order valence-corrected chi connectivity index (χ3v) is 3.21. The van der Waals surface area contributed by atoms with Crippen LogP contribution in [0.1, 0.15) is 16.4 Å². The minimum atomic E-state index is -4.70. The Morgan fingerprint density at radius 3 is 2.50 bits per heavy atom. The predicted octanol–water partition coefficient (Wildman–Crippen LogP) is 3.30. The molecule has 0 saturated heterocycles. The van der Waals surface area contributed by atoms with Crippen LogP contribution in [-0.4, -0.2) is 28.1 Å². The van der Waals surface area contributed by atoms with Crippen LogP contribution in [0.3, 0.4) is 0 Å². The lowest BCUT2D eigenvalue weighted by molar-refractivity contribution is -0.159. The molecule has 1 aromatic carbocycles. The first-order valence-corrected chi connectivity index (χ1v) is 7.24. The molecule has 10 heteroatoms. The minimum Gasteiger partial charge on any atom is -0.457 e. The van der Waals surface area contributed by atoms with Crippen LogP contribution in [0.5, 0.6) is 11.5 Å². The molecule has 26 heavy (non-hydrogen) atoms. The number of benzene rings is 1. The number of hydrogen-bond acceptors (Lipinski definition) is 6. The first kappa shape index (κ1) is 17.4. The van der Waals surface area contributed by atoms with Crippen LogP contribution in [0, 0.1) is 0 Å². The smallest absolute Gasteiger partial charge is 0.457 e. The number of hydrogen-bond donors (Lipinski definition) is 1. The van der Waals surface area contributed by atoms with Gasteiger partial charge in [0.1, 0.15) is 17.2 Å². The van der Waals surface area contributed by atoms with Crippen LogP contribution in [0.4, 0.5) is 13.2 Å². The Hall–Kier alpha value is -3.43. The number of halogens is 3. The standard InChI is InChI=1S/C16H11F3N4O3/c1-20-14(24)12-8-11(6-7-21-12)25-10-4-2-9(3-5-10)13-22-15(26-23-13)16(17,18)19/h2-8H,1H3,(H,20,24). The summed E-state index contributed by atoms with van der Waals surface area (Å²) >= 11 is 0. The van der Waals surface area contributed by atoms with Crippen molar-refractivity contribution in [2.45, 2.75) is 6.18 Å². The fourth-order valence-electron chi connectivity index (χ4n) is 1.99. The van der Waals surface area contributed by atoms with Crippen molar-refractivity contribution in [3.05, 3.63) is 54.2 Å². The van der Waals surface area contributed by atoms with Crippen molar-refractivity contribution in [3.63, 3.8) is 0 Å². The van der Waals surface area contributed by atoms with Crippen molar-refractivity contribution in [2.24, 2.45) is 0 Å². The number of carbonyl (C=O) groups excluding carboxylic acids is 1. The molecule has 0 bridgehead atoms. The predicted molar refractivity (Wildman–Crippen MR) is 82.4 cm³/mol. The zero-order valence-corrected chi connectivity index (χ0v) is 13.2. The number of rotatable bonds is 4. The van der Waals surface area contributed by atoms with Gasteiger partial charge in [0.25, 0.3) is 5.91 Å². The molecule has 3 aromatic rings. The summed E-state index contributed by atoms with van der Waals surface area (Å²) in [6.07, 6.45) is -3.27. The Balaban J connectivity index is 1.76. The quantitative estimate of drug-likeness (QED) is 0.764. The summed E-state index contributed by atoms with van der Waals surface area (Å²) in [6.45, 7) is 0. The third-order valence-electron chi connectivity index (χ3n) is 3.21. The number of carbonyl (C=O) groups is 1. The Kier molecular flexibility index (Phi) is 4.57. The van der Waals surface area contributed by atoms with Crippen molar-refractivity contribution in [3.8, 4) is 22.9 Å². The summed E-state index contributed by atoms with van der Waals surface area (Å²) in [7, 11) is 1.48. The highest BCUT2D eigenvalue weighted by atomic mass is 19.4. The van der Waals surface area contributed by atoms with Crippen molar-refractivity contribution >= 4 is 5.91 Å². The minimum absolute atomic E-state index is 0.185. The van der Waals surface area contributed by atoms with E-state index in [1.807, 2.05) is 0 Å². The average Bonchev–Trinajstić information content (AvgIpc) is 3.12. The molecule has 0 fully saturated rings. The second kappa shape index (κ2) is 6.82. The monoisotopic (exact) mass is 364 g/mol. The lowest BCUT2D eigenvalue weighted by atomic mass is 10.2. The van der Waals surface area contributed by atoms with Crippen molar-refractivity contribution in [2.75, 3.05) is 7.05 Å².